The van der Waals surface area contributed by atoms with Crippen LogP contribution in [0.3, 0.4) is 0 Å². The van der Waals surface area contributed by atoms with Gasteiger partial charge in [-0.05, 0) is 103 Å². The smallest absolute Gasteiger partial charge is 0.230 e. The Kier molecular flexibility index (Phi) is 8.73. The van der Waals surface area contributed by atoms with Crippen molar-refractivity contribution in [2.45, 2.75) is 81.5 Å². The van der Waals surface area contributed by atoms with E-state index in [1.807, 2.05) is 36.4 Å². The molecule has 12 rings (SSSR count). The Morgan fingerprint density at radius 3 is 1.40 bits per heavy atom. The van der Waals surface area contributed by atoms with Crippen LogP contribution in [0.1, 0.15) is 87.3 Å². The van der Waals surface area contributed by atoms with Crippen molar-refractivity contribution >= 4 is 83.7 Å². The molecule has 0 saturated heterocycles. The van der Waals surface area contributed by atoms with Gasteiger partial charge in [0.2, 0.25) is 5.69 Å². The van der Waals surface area contributed by atoms with E-state index in [2.05, 4.69) is 130 Å². The van der Waals surface area contributed by atoms with Gasteiger partial charge in [0, 0.05) is 32.9 Å². The second kappa shape index (κ2) is 14.7. The fourth-order valence-electron chi connectivity index (χ4n) is 12.3. The molecule has 2 saturated carbocycles. The molecule has 306 valence electrons. The van der Waals surface area contributed by atoms with Crippen molar-refractivity contribution in [2.24, 2.45) is 0 Å². The summed E-state index contributed by atoms with van der Waals surface area (Å²) in [6, 6.07) is 52.9. The number of benzene rings is 7. The number of rotatable bonds is 6. The maximum absolute atomic E-state index is 12.0. The standard InChI is InChI=1S/C57H46N4O2/c1-59-51-44(36-58)52(60(38-20-6-2-7-21-38)45-28-18-26-42-40-24-10-12-30-47(40)62-54(42)45)49-50(57(34-16-5-17-35-57)37-56(49)32-14-4-15-33-56)53(51)61(39-22-8-3-9-23-39)46-29-19-27-43-41-25-11-13-31-48(41)63-55(43)46/h2-3,6-13,18-31H,4-5,14-17,32-35,37H2. The van der Waals surface area contributed by atoms with E-state index in [-0.39, 0.29) is 10.8 Å². The second-order valence-electron chi connectivity index (χ2n) is 18.1. The molecule has 0 unspecified atom stereocenters. The van der Waals surface area contributed by atoms with E-state index in [0.717, 1.165) is 136 Å². The highest BCUT2D eigenvalue weighted by Crippen LogP contribution is 2.69. The molecule has 0 amide bonds. The molecule has 2 heterocycles. The van der Waals surface area contributed by atoms with Gasteiger partial charge in [0.05, 0.1) is 41.0 Å². The molecule has 2 spiro atoms. The Morgan fingerprint density at radius 1 is 0.492 bits per heavy atom. The van der Waals surface area contributed by atoms with Gasteiger partial charge in [-0.2, -0.15) is 5.26 Å². The van der Waals surface area contributed by atoms with Gasteiger partial charge < -0.3 is 18.6 Å². The highest BCUT2D eigenvalue weighted by molar-refractivity contribution is 6.13. The highest BCUT2D eigenvalue weighted by atomic mass is 16.3. The SMILES string of the molecule is [C-]#[N+]c1c(C#N)c(N(c2ccccc2)c2cccc3c2oc2ccccc23)c2c(c1N(c1ccccc1)c1cccc3c1oc1ccccc13)C1(CCCCC1)CC21CCCCC1. The molecule has 0 atom stereocenters. The van der Waals surface area contributed by atoms with Crippen LogP contribution in [0.4, 0.5) is 39.8 Å². The summed E-state index contributed by atoms with van der Waals surface area (Å²) < 4.78 is 13.7. The molecule has 2 fully saturated rings. The van der Waals surface area contributed by atoms with Gasteiger partial charge in [-0.3, -0.25) is 0 Å². The van der Waals surface area contributed by atoms with Crippen molar-refractivity contribution in [3.05, 3.63) is 174 Å². The number of furan rings is 2. The molecule has 6 heteroatoms. The summed E-state index contributed by atoms with van der Waals surface area (Å²) in [4.78, 5) is 9.15. The van der Waals surface area contributed by atoms with Crippen LogP contribution in [0.25, 0.3) is 48.7 Å². The lowest BCUT2D eigenvalue weighted by Crippen LogP contribution is -2.33. The van der Waals surface area contributed by atoms with Crippen LogP contribution < -0.4 is 9.80 Å². The largest absolute Gasteiger partial charge is 0.454 e. The summed E-state index contributed by atoms with van der Waals surface area (Å²) in [5, 5.41) is 16.1. The Balaban J connectivity index is 1.27. The van der Waals surface area contributed by atoms with Crippen molar-refractivity contribution in [1.29, 1.82) is 5.26 Å². The van der Waals surface area contributed by atoms with E-state index in [9.17, 15) is 11.8 Å². The fraction of sp³-hybridized carbons (Fsp3) is 0.228. The number of hydrogen-bond acceptors (Lipinski definition) is 5. The van der Waals surface area contributed by atoms with Crippen LogP contribution in [0, 0.1) is 17.9 Å². The van der Waals surface area contributed by atoms with Gasteiger partial charge in [0.25, 0.3) is 0 Å². The summed E-state index contributed by atoms with van der Waals surface area (Å²) in [6.07, 6.45) is 12.1. The molecule has 63 heavy (non-hydrogen) atoms. The number of para-hydroxylation sites is 6. The predicted molar refractivity (Wildman–Crippen MR) is 255 cm³/mol. The zero-order valence-electron chi connectivity index (χ0n) is 35.2. The average molecular weight is 819 g/mol. The summed E-state index contributed by atoms with van der Waals surface area (Å²) in [5.41, 5.74) is 11.3. The summed E-state index contributed by atoms with van der Waals surface area (Å²) in [7, 11) is 0. The maximum Gasteiger partial charge on any atom is 0.230 e. The zero-order chi connectivity index (χ0) is 42.1. The lowest BCUT2D eigenvalue weighted by Gasteiger charge is -2.40. The topological polar surface area (TPSA) is 60.9 Å². The highest BCUT2D eigenvalue weighted by Gasteiger charge is 2.57. The van der Waals surface area contributed by atoms with Crippen LogP contribution in [0.5, 0.6) is 0 Å². The first-order valence-corrected chi connectivity index (χ1v) is 22.7. The minimum Gasteiger partial charge on any atom is -0.454 e. The molecule has 3 aliphatic carbocycles. The van der Waals surface area contributed by atoms with Crippen molar-refractivity contribution in [1.82, 2.24) is 0 Å². The second-order valence-corrected chi connectivity index (χ2v) is 18.1. The third-order valence-electron chi connectivity index (χ3n) is 14.7. The Hall–Kier alpha value is -7.28. The number of hydrogen-bond donors (Lipinski definition) is 0. The molecule has 2 aromatic heterocycles. The van der Waals surface area contributed by atoms with E-state index >= 15 is 0 Å². The molecular weight excluding hydrogens is 773 g/mol. The molecule has 0 N–H and O–H groups in total. The van der Waals surface area contributed by atoms with Crippen molar-refractivity contribution in [2.75, 3.05) is 9.80 Å². The van der Waals surface area contributed by atoms with Crippen LogP contribution in [-0.4, -0.2) is 0 Å². The minimum absolute atomic E-state index is 0.203. The van der Waals surface area contributed by atoms with Crippen molar-refractivity contribution in [3.63, 3.8) is 0 Å². The first-order valence-electron chi connectivity index (χ1n) is 22.7. The lowest BCUT2D eigenvalue weighted by atomic mass is 9.64. The van der Waals surface area contributed by atoms with Crippen LogP contribution in [0.2, 0.25) is 0 Å². The van der Waals surface area contributed by atoms with Crippen LogP contribution in [-0.2, 0) is 10.8 Å². The van der Waals surface area contributed by atoms with Gasteiger partial charge in [-0.1, -0.05) is 136 Å². The van der Waals surface area contributed by atoms with Gasteiger partial charge in [0.15, 0.2) is 11.2 Å². The Labute approximate surface area is 367 Å². The molecule has 6 nitrogen and oxygen atoms in total. The molecule has 0 aliphatic heterocycles. The molecular formula is C57H46N4O2. The van der Waals surface area contributed by atoms with E-state index in [4.69, 9.17) is 8.83 Å². The van der Waals surface area contributed by atoms with Gasteiger partial charge in [-0.25, -0.2) is 4.85 Å². The van der Waals surface area contributed by atoms with E-state index in [1.54, 1.807) is 0 Å². The Morgan fingerprint density at radius 2 is 0.921 bits per heavy atom. The van der Waals surface area contributed by atoms with E-state index in [0.29, 0.717) is 11.3 Å². The van der Waals surface area contributed by atoms with E-state index < -0.39 is 0 Å². The number of fused-ring (bicyclic) bond motifs is 9. The molecule has 7 aromatic carbocycles. The van der Waals surface area contributed by atoms with Crippen molar-refractivity contribution < 1.29 is 8.83 Å². The number of nitriles is 1. The maximum atomic E-state index is 12.0. The molecule has 3 aliphatic rings. The summed E-state index contributed by atoms with van der Waals surface area (Å²) >= 11 is 0. The summed E-state index contributed by atoms with van der Waals surface area (Å²) in [6.45, 7) is 9.34. The quantitative estimate of drug-likeness (QED) is 0.156. The number of nitrogens with zero attached hydrogens (tertiary/aromatic N) is 4. The zero-order valence-corrected chi connectivity index (χ0v) is 35.2. The first-order chi connectivity index (χ1) is 31.1. The number of anilines is 6. The monoisotopic (exact) mass is 818 g/mol. The first kappa shape index (κ1) is 37.5. The van der Waals surface area contributed by atoms with Crippen LogP contribution in [0.15, 0.2) is 154 Å². The van der Waals surface area contributed by atoms with Crippen molar-refractivity contribution in [3.8, 4) is 6.07 Å². The predicted octanol–water partition coefficient (Wildman–Crippen LogP) is 16.7. The minimum atomic E-state index is -0.205. The van der Waals surface area contributed by atoms with E-state index in [1.165, 1.54) is 24.0 Å². The average Bonchev–Trinajstić information content (AvgIpc) is 3.99. The van der Waals surface area contributed by atoms with Gasteiger partial charge >= 0.3 is 0 Å². The van der Waals surface area contributed by atoms with Gasteiger partial charge in [0.1, 0.15) is 11.2 Å². The van der Waals surface area contributed by atoms with Gasteiger partial charge in [-0.15, -0.1) is 0 Å². The normalized spacial score (nSPS) is 16.4. The molecule has 0 bridgehead atoms. The Bertz CT molecular complexity index is 3100. The molecule has 0 radical (unpaired) electrons. The van der Waals surface area contributed by atoms with Crippen LogP contribution >= 0.6 is 0 Å². The fourth-order valence-corrected chi connectivity index (χ4v) is 12.3. The summed E-state index contributed by atoms with van der Waals surface area (Å²) in [5.74, 6) is 0. The lowest BCUT2D eigenvalue weighted by molar-refractivity contribution is 0.204. The molecule has 9 aromatic rings. The third-order valence-corrected chi connectivity index (χ3v) is 14.7. The third kappa shape index (κ3) is 5.61.